The fourth-order valence-electron chi connectivity index (χ4n) is 8.56. The molecule has 3 amide bonds. The molecule has 13 nitrogen and oxygen atoms in total. The molecule has 0 radical (unpaired) electrons. The molecule has 0 bridgehead atoms. The minimum Gasteiger partial charge on any atom is -0.321 e. The molecule has 17 heteroatoms. The highest BCUT2D eigenvalue weighted by Gasteiger charge is 2.37. The van der Waals surface area contributed by atoms with Crippen LogP contribution in [-0.2, 0) is 22.8 Å². The number of nitrogens with one attached hydrogen (secondary N) is 2. The molecule has 8 rings (SSSR count). The fraction of sp³-hybridized carbons (Fsp3) is 0.447. The van der Waals surface area contributed by atoms with Gasteiger partial charge in [-0.1, -0.05) is 12.1 Å². The van der Waals surface area contributed by atoms with E-state index in [2.05, 4.69) is 25.5 Å². The third-order valence-corrected chi connectivity index (χ3v) is 11.3. The van der Waals surface area contributed by atoms with E-state index in [-0.39, 0.29) is 37.0 Å². The quantitative estimate of drug-likeness (QED) is 0.168. The van der Waals surface area contributed by atoms with E-state index >= 15 is 4.39 Å². The minimum atomic E-state index is -4.72. The molecule has 0 spiro atoms. The van der Waals surface area contributed by atoms with Gasteiger partial charge in [-0.3, -0.25) is 38.5 Å². The SMILES string of the molecule is Cn1c(=O)n([C@H]2CCC(=O)NC2=O)c2cccc([C@@H]3CCN(CC4CCC(n5cc6cc(NC(=O)c7cncc(C(F)(F)F)n7)ccc6n5)CC4)C[C@H]3F)c21. The maximum Gasteiger partial charge on any atom is 0.434 e. The summed E-state index contributed by atoms with van der Waals surface area (Å²) >= 11 is 0. The Bertz CT molecular complexity index is 2360. The molecule has 5 heterocycles. The van der Waals surface area contributed by atoms with Crippen LogP contribution in [0.5, 0.6) is 0 Å². The van der Waals surface area contributed by atoms with Crippen molar-refractivity contribution in [2.24, 2.45) is 13.0 Å². The number of hydrogen-bond donors (Lipinski definition) is 2. The number of halogens is 4. The Morgan fingerprint density at radius 1 is 1.02 bits per heavy atom. The van der Waals surface area contributed by atoms with Gasteiger partial charge in [0, 0.05) is 49.7 Å². The molecule has 3 fully saturated rings. The van der Waals surface area contributed by atoms with Gasteiger partial charge in [0.1, 0.15) is 17.9 Å². The van der Waals surface area contributed by atoms with Crippen LogP contribution in [0.1, 0.15) is 84.7 Å². The monoisotopic (exact) mass is 761 g/mol. The Labute approximate surface area is 311 Å². The van der Waals surface area contributed by atoms with E-state index in [1.54, 1.807) is 37.4 Å². The van der Waals surface area contributed by atoms with Crippen LogP contribution in [0.4, 0.5) is 23.2 Å². The number of imide groups is 1. The first kappa shape index (κ1) is 36.5. The Balaban J connectivity index is 0.872. The highest BCUT2D eigenvalue weighted by Crippen LogP contribution is 2.38. The second-order valence-corrected chi connectivity index (χ2v) is 14.9. The van der Waals surface area contributed by atoms with Crippen molar-refractivity contribution >= 4 is 45.3 Å². The van der Waals surface area contributed by atoms with Crippen LogP contribution in [0, 0.1) is 5.92 Å². The number of rotatable bonds is 7. The van der Waals surface area contributed by atoms with Gasteiger partial charge in [-0.05, 0) is 80.8 Å². The first-order valence-electron chi connectivity index (χ1n) is 18.4. The number of carbonyl (C=O) groups excluding carboxylic acids is 3. The summed E-state index contributed by atoms with van der Waals surface area (Å²) in [4.78, 5) is 59.5. The predicted octanol–water partition coefficient (Wildman–Crippen LogP) is 5.29. The third-order valence-electron chi connectivity index (χ3n) is 11.3. The summed E-state index contributed by atoms with van der Waals surface area (Å²) in [6, 6.07) is 9.91. The van der Waals surface area contributed by atoms with Gasteiger partial charge in [0.15, 0.2) is 5.69 Å². The first-order valence-corrected chi connectivity index (χ1v) is 18.4. The molecule has 5 aromatic rings. The second kappa shape index (κ2) is 14.3. The molecule has 55 heavy (non-hydrogen) atoms. The number of carbonyl (C=O) groups is 3. The molecule has 3 atom stereocenters. The number of fused-ring (bicyclic) bond motifs is 2. The van der Waals surface area contributed by atoms with E-state index in [1.807, 2.05) is 16.9 Å². The number of para-hydroxylation sites is 1. The van der Waals surface area contributed by atoms with Crippen LogP contribution >= 0.6 is 0 Å². The summed E-state index contributed by atoms with van der Waals surface area (Å²) in [5, 5.41) is 10.4. The van der Waals surface area contributed by atoms with Gasteiger partial charge in [-0.2, -0.15) is 18.3 Å². The Morgan fingerprint density at radius 2 is 1.82 bits per heavy atom. The number of aryl methyl sites for hydroxylation is 1. The van der Waals surface area contributed by atoms with Gasteiger partial charge in [0.05, 0.1) is 35.0 Å². The number of benzene rings is 2. The normalized spacial score (nSPS) is 24.0. The number of aromatic nitrogens is 6. The highest BCUT2D eigenvalue weighted by atomic mass is 19.4. The van der Waals surface area contributed by atoms with Crippen molar-refractivity contribution in [2.45, 2.75) is 75.3 Å². The summed E-state index contributed by atoms with van der Waals surface area (Å²) in [6.07, 6.45) is 2.25. The fourth-order valence-corrected chi connectivity index (χ4v) is 8.56. The number of nitrogens with zero attached hydrogens (tertiary/aromatic N) is 7. The van der Waals surface area contributed by atoms with Crippen LogP contribution < -0.4 is 16.3 Å². The van der Waals surface area contributed by atoms with Crippen LogP contribution in [0.3, 0.4) is 0 Å². The largest absolute Gasteiger partial charge is 0.434 e. The molecule has 2 saturated heterocycles. The van der Waals surface area contributed by atoms with Gasteiger partial charge < -0.3 is 10.2 Å². The van der Waals surface area contributed by atoms with Gasteiger partial charge in [-0.15, -0.1) is 0 Å². The lowest BCUT2D eigenvalue weighted by atomic mass is 9.83. The van der Waals surface area contributed by atoms with Gasteiger partial charge in [0.2, 0.25) is 11.8 Å². The molecular formula is C38H39F4N9O4. The van der Waals surface area contributed by atoms with Crippen LogP contribution in [0.2, 0.25) is 0 Å². The van der Waals surface area contributed by atoms with Crippen molar-refractivity contribution in [3.63, 3.8) is 0 Å². The molecule has 1 saturated carbocycles. The molecule has 3 aromatic heterocycles. The maximum absolute atomic E-state index is 16.1. The summed E-state index contributed by atoms with van der Waals surface area (Å²) < 4.78 is 60.0. The van der Waals surface area contributed by atoms with E-state index < -0.39 is 47.5 Å². The third kappa shape index (κ3) is 7.12. The molecule has 288 valence electrons. The van der Waals surface area contributed by atoms with Gasteiger partial charge in [-0.25, -0.2) is 14.2 Å². The highest BCUT2D eigenvalue weighted by molar-refractivity contribution is 6.03. The number of likely N-dealkylation sites (tertiary alicyclic amines) is 1. The van der Waals surface area contributed by atoms with Crippen LogP contribution in [0.15, 0.2) is 59.8 Å². The number of piperidine rings is 2. The number of imidazole rings is 1. The van der Waals surface area contributed by atoms with Crippen LogP contribution in [-0.4, -0.2) is 77.3 Å². The number of hydrogen-bond acceptors (Lipinski definition) is 8. The molecule has 3 aliphatic rings. The second-order valence-electron chi connectivity index (χ2n) is 14.9. The average molecular weight is 762 g/mol. The maximum atomic E-state index is 16.1. The lowest BCUT2D eigenvalue weighted by molar-refractivity contribution is -0.141. The zero-order chi connectivity index (χ0) is 38.6. The Kier molecular flexibility index (Phi) is 9.51. The summed E-state index contributed by atoms with van der Waals surface area (Å²) in [5.74, 6) is -1.68. The smallest absolute Gasteiger partial charge is 0.321 e. The summed E-state index contributed by atoms with van der Waals surface area (Å²) in [7, 11) is 1.64. The standard InChI is InChI=1S/C38H39F4N9O4/c1-48-34-26(3-2-4-30(34)51(37(48)55)31-11-12-33(52)46-36(31)54)25-13-14-49(20-27(25)39)18-21-5-8-24(9-6-21)50-19-22-15-23(7-10-28(22)47-50)44-35(53)29-16-43-17-32(45-29)38(40,41)42/h2-4,7,10,15-17,19,21,24-25,27,31H,5-6,8-9,11-14,18,20H2,1H3,(H,44,53)(H,46,52,54)/t21?,24?,25-,27+,31-/m0/s1. The number of amides is 3. The lowest BCUT2D eigenvalue weighted by Crippen LogP contribution is -2.44. The van der Waals surface area contributed by atoms with Gasteiger partial charge >= 0.3 is 11.9 Å². The van der Waals surface area contributed by atoms with E-state index in [9.17, 15) is 32.3 Å². The number of alkyl halides is 4. The molecule has 2 N–H and O–H groups in total. The van der Waals surface area contributed by atoms with Gasteiger partial charge in [0.25, 0.3) is 5.91 Å². The van der Waals surface area contributed by atoms with Crippen molar-refractivity contribution in [1.82, 2.24) is 39.1 Å². The molecule has 2 aromatic carbocycles. The van der Waals surface area contributed by atoms with Crippen molar-refractivity contribution in [2.75, 3.05) is 25.0 Å². The zero-order valence-electron chi connectivity index (χ0n) is 29.9. The minimum absolute atomic E-state index is 0.144. The molecule has 1 aliphatic carbocycles. The van der Waals surface area contributed by atoms with E-state index in [0.717, 1.165) is 54.9 Å². The van der Waals surface area contributed by atoms with E-state index in [4.69, 9.17) is 5.10 Å². The molecule has 2 aliphatic heterocycles. The van der Waals surface area contributed by atoms with Crippen molar-refractivity contribution in [3.05, 3.63) is 82.4 Å². The Morgan fingerprint density at radius 3 is 2.56 bits per heavy atom. The topological polar surface area (TPSA) is 149 Å². The molecule has 0 unspecified atom stereocenters. The van der Waals surface area contributed by atoms with E-state index in [1.165, 1.54) is 9.13 Å². The van der Waals surface area contributed by atoms with Crippen molar-refractivity contribution in [3.8, 4) is 0 Å². The van der Waals surface area contributed by atoms with Crippen LogP contribution in [0.25, 0.3) is 21.9 Å². The Hall–Kier alpha value is -5.45. The summed E-state index contributed by atoms with van der Waals surface area (Å²) in [6.45, 7) is 1.79. The van der Waals surface area contributed by atoms with Crippen molar-refractivity contribution < 1.29 is 31.9 Å². The lowest BCUT2D eigenvalue weighted by Gasteiger charge is -2.38. The molecular weight excluding hydrogens is 722 g/mol. The predicted molar refractivity (Wildman–Crippen MR) is 193 cm³/mol. The number of anilines is 1. The first-order chi connectivity index (χ1) is 26.3. The zero-order valence-corrected chi connectivity index (χ0v) is 29.9. The summed E-state index contributed by atoms with van der Waals surface area (Å²) in [5.41, 5.74) is 0.983. The van der Waals surface area contributed by atoms with Crippen molar-refractivity contribution in [1.29, 1.82) is 0 Å². The van der Waals surface area contributed by atoms with E-state index in [0.29, 0.717) is 41.8 Å². The average Bonchev–Trinajstić information content (AvgIpc) is 3.69.